The van der Waals surface area contributed by atoms with E-state index in [1.807, 2.05) is 0 Å². The molecule has 13 heavy (non-hydrogen) atoms. The topological polar surface area (TPSA) is 80.3 Å². The molecule has 0 aliphatic heterocycles. The Hall–Kier alpha value is -1.22. The van der Waals surface area contributed by atoms with Gasteiger partial charge in [-0.05, 0) is 11.1 Å². The van der Waals surface area contributed by atoms with E-state index in [9.17, 15) is 19.8 Å². The molecule has 0 N–H and O–H groups in total. The maximum atomic E-state index is 10.2. The normalized spacial score (nSPS) is 8.62. The van der Waals surface area contributed by atoms with E-state index in [0.717, 1.165) is 24.3 Å². The van der Waals surface area contributed by atoms with Crippen molar-refractivity contribution < 1.29 is 39.3 Å². The van der Waals surface area contributed by atoms with E-state index in [4.69, 9.17) is 0 Å². The van der Waals surface area contributed by atoms with Gasteiger partial charge >= 0.3 is 19.5 Å². The van der Waals surface area contributed by atoms with E-state index in [2.05, 4.69) is 0 Å². The van der Waals surface area contributed by atoms with Gasteiger partial charge in [0, 0.05) is 0 Å². The molecule has 0 bridgehead atoms. The SMILES string of the molecule is O=C([O-])c1ccc(C(=O)[O-])cc1.[Zn+2]. The third kappa shape index (κ3) is 2.95. The molecule has 0 saturated heterocycles. The van der Waals surface area contributed by atoms with Gasteiger partial charge in [0.05, 0.1) is 11.9 Å². The van der Waals surface area contributed by atoms with Crippen LogP contribution >= 0.6 is 0 Å². The molecule has 0 aromatic heterocycles. The summed E-state index contributed by atoms with van der Waals surface area (Å²) in [6.45, 7) is 0. The minimum absolute atomic E-state index is 0. The number of rotatable bonds is 2. The molecule has 1 rings (SSSR count). The number of hydrogen-bond donors (Lipinski definition) is 0. The summed E-state index contributed by atoms with van der Waals surface area (Å²) >= 11 is 0. The zero-order valence-electron chi connectivity index (χ0n) is 6.65. The van der Waals surface area contributed by atoms with Crippen LogP contribution in [0.2, 0.25) is 0 Å². The third-order valence-corrected chi connectivity index (χ3v) is 1.36. The van der Waals surface area contributed by atoms with Gasteiger partial charge in [0.25, 0.3) is 0 Å². The zero-order valence-corrected chi connectivity index (χ0v) is 9.62. The summed E-state index contributed by atoms with van der Waals surface area (Å²) in [4.78, 5) is 20.4. The minimum Gasteiger partial charge on any atom is -0.545 e. The van der Waals surface area contributed by atoms with Crippen LogP contribution in [0.3, 0.4) is 0 Å². The first-order chi connectivity index (χ1) is 5.61. The molecule has 1 aromatic carbocycles. The largest absolute Gasteiger partial charge is 2.00 e. The Labute approximate surface area is 87.0 Å². The van der Waals surface area contributed by atoms with Gasteiger partial charge in [-0.1, -0.05) is 24.3 Å². The molecule has 1 aromatic rings. The van der Waals surface area contributed by atoms with Gasteiger partial charge in [-0.25, -0.2) is 0 Å². The Bertz CT molecular complexity index is 284. The monoisotopic (exact) mass is 228 g/mol. The van der Waals surface area contributed by atoms with Crippen LogP contribution in [0.5, 0.6) is 0 Å². The van der Waals surface area contributed by atoms with Gasteiger partial charge in [0.15, 0.2) is 0 Å². The van der Waals surface area contributed by atoms with Crippen molar-refractivity contribution in [3.05, 3.63) is 35.4 Å². The molecule has 4 nitrogen and oxygen atoms in total. The Morgan fingerprint density at radius 1 is 0.846 bits per heavy atom. The van der Waals surface area contributed by atoms with E-state index in [-0.39, 0.29) is 30.6 Å². The van der Waals surface area contributed by atoms with Crippen LogP contribution in [0.4, 0.5) is 0 Å². The fourth-order valence-electron chi connectivity index (χ4n) is 0.742. The Balaban J connectivity index is 0.00000144. The van der Waals surface area contributed by atoms with Crippen molar-refractivity contribution in [2.24, 2.45) is 0 Å². The van der Waals surface area contributed by atoms with Crippen molar-refractivity contribution in [3.63, 3.8) is 0 Å². The van der Waals surface area contributed by atoms with Gasteiger partial charge in [-0.3, -0.25) is 0 Å². The van der Waals surface area contributed by atoms with Crippen molar-refractivity contribution >= 4 is 11.9 Å². The van der Waals surface area contributed by atoms with Crippen molar-refractivity contribution in [3.8, 4) is 0 Å². The van der Waals surface area contributed by atoms with Crippen molar-refractivity contribution in [1.29, 1.82) is 0 Å². The molecule has 62 valence electrons. The summed E-state index contributed by atoms with van der Waals surface area (Å²) in [7, 11) is 0. The molecular formula is C8H4O4Zn. The van der Waals surface area contributed by atoms with Crippen LogP contribution in [0.15, 0.2) is 24.3 Å². The van der Waals surface area contributed by atoms with E-state index < -0.39 is 11.9 Å². The molecule has 5 heteroatoms. The second-order valence-corrected chi connectivity index (χ2v) is 2.15. The first-order valence-corrected chi connectivity index (χ1v) is 3.14. The summed E-state index contributed by atoms with van der Waals surface area (Å²) in [5.41, 5.74) is -0.111. The average molecular weight is 230 g/mol. The summed E-state index contributed by atoms with van der Waals surface area (Å²) < 4.78 is 0. The minimum atomic E-state index is -1.33. The molecule has 0 aliphatic rings. The second-order valence-electron chi connectivity index (χ2n) is 2.15. The van der Waals surface area contributed by atoms with E-state index in [1.165, 1.54) is 0 Å². The molecule has 0 atom stereocenters. The smallest absolute Gasteiger partial charge is 0.545 e. The Morgan fingerprint density at radius 3 is 1.23 bits per heavy atom. The number of aromatic carboxylic acids is 2. The molecule has 0 aliphatic carbocycles. The van der Waals surface area contributed by atoms with Crippen molar-refractivity contribution in [2.75, 3.05) is 0 Å². The standard InChI is InChI=1S/C8H6O4.Zn/c9-7(10)5-1-2-6(4-3-5)8(11)12;/h1-4H,(H,9,10)(H,11,12);/q;+2/p-2. The number of carbonyl (C=O) groups excluding carboxylic acids is 2. The van der Waals surface area contributed by atoms with Gasteiger partial charge in [-0.2, -0.15) is 0 Å². The maximum Gasteiger partial charge on any atom is 2.00 e. The molecule has 0 fully saturated rings. The molecule has 0 heterocycles. The summed E-state index contributed by atoms with van der Waals surface area (Å²) in [6.07, 6.45) is 0. The summed E-state index contributed by atoms with van der Waals surface area (Å²) in [5, 5.41) is 20.4. The van der Waals surface area contributed by atoms with Gasteiger partial charge in [-0.15, -0.1) is 0 Å². The van der Waals surface area contributed by atoms with E-state index in [0.29, 0.717) is 0 Å². The molecule has 0 amide bonds. The second kappa shape index (κ2) is 4.72. The predicted octanol–water partition coefficient (Wildman–Crippen LogP) is -1.59. The number of carboxylic acids is 2. The molecular weight excluding hydrogens is 225 g/mol. The molecule has 0 spiro atoms. The molecule has 0 radical (unpaired) electrons. The predicted molar refractivity (Wildman–Crippen MR) is 35.1 cm³/mol. The van der Waals surface area contributed by atoms with Gasteiger partial charge < -0.3 is 19.8 Å². The van der Waals surface area contributed by atoms with Crippen LogP contribution in [0, 0.1) is 0 Å². The van der Waals surface area contributed by atoms with Gasteiger partial charge in [0.1, 0.15) is 0 Å². The van der Waals surface area contributed by atoms with Crippen LogP contribution in [0.1, 0.15) is 20.7 Å². The molecule has 0 saturated carbocycles. The summed E-state index contributed by atoms with van der Waals surface area (Å²) in [5.74, 6) is -2.67. The Kier molecular flexibility index (Phi) is 4.28. The van der Waals surface area contributed by atoms with Crippen molar-refractivity contribution in [2.45, 2.75) is 0 Å². The Morgan fingerprint density at radius 2 is 1.08 bits per heavy atom. The number of carbonyl (C=O) groups is 2. The fourth-order valence-corrected chi connectivity index (χ4v) is 0.742. The first-order valence-electron chi connectivity index (χ1n) is 3.14. The van der Waals surface area contributed by atoms with E-state index in [1.54, 1.807) is 0 Å². The van der Waals surface area contributed by atoms with Crippen LogP contribution in [-0.2, 0) is 19.5 Å². The van der Waals surface area contributed by atoms with Gasteiger partial charge in [0.2, 0.25) is 0 Å². The number of carboxylic acid groups (broad SMARTS) is 2. The third-order valence-electron chi connectivity index (χ3n) is 1.36. The van der Waals surface area contributed by atoms with E-state index >= 15 is 0 Å². The first kappa shape index (κ1) is 11.8. The van der Waals surface area contributed by atoms with Crippen molar-refractivity contribution in [1.82, 2.24) is 0 Å². The zero-order chi connectivity index (χ0) is 9.14. The summed E-state index contributed by atoms with van der Waals surface area (Å²) in [6, 6.07) is 4.61. The maximum absolute atomic E-state index is 10.2. The number of hydrogen-bond acceptors (Lipinski definition) is 4. The molecule has 0 unspecified atom stereocenters. The van der Waals surface area contributed by atoms with Crippen LogP contribution in [0.25, 0.3) is 0 Å². The van der Waals surface area contributed by atoms with Crippen LogP contribution < -0.4 is 10.2 Å². The fraction of sp³-hybridized carbons (Fsp3) is 0. The average Bonchev–Trinajstić information content (AvgIpc) is 2.04. The number of benzene rings is 1. The van der Waals surface area contributed by atoms with Crippen LogP contribution in [-0.4, -0.2) is 11.9 Å². The quantitative estimate of drug-likeness (QED) is 0.573.